The molecular weight excluding hydrogens is 437 g/mol. The number of amides is 1. The van der Waals surface area contributed by atoms with Crippen molar-refractivity contribution >= 4 is 35.1 Å². The van der Waals surface area contributed by atoms with Gasteiger partial charge in [0.1, 0.15) is 22.5 Å². The predicted octanol–water partition coefficient (Wildman–Crippen LogP) is 3.62. The van der Waals surface area contributed by atoms with Crippen LogP contribution in [0.3, 0.4) is 0 Å². The highest BCUT2D eigenvalue weighted by atomic mass is 35.5. The van der Waals surface area contributed by atoms with Gasteiger partial charge in [0.15, 0.2) is 0 Å². The summed E-state index contributed by atoms with van der Waals surface area (Å²) in [6.07, 6.45) is -1.75. The number of aromatic nitrogens is 3. The van der Waals surface area contributed by atoms with E-state index in [1.54, 1.807) is 13.0 Å². The molecule has 1 amide bonds. The van der Waals surface area contributed by atoms with Gasteiger partial charge in [-0.3, -0.25) is 4.79 Å². The molecule has 2 aliphatic heterocycles. The molecular formula is C19H20ClF3N6O2. The first-order chi connectivity index (χ1) is 14.6. The number of anilines is 3. The van der Waals surface area contributed by atoms with E-state index in [0.29, 0.717) is 5.82 Å². The average molecular weight is 457 g/mol. The van der Waals surface area contributed by atoms with Crippen LogP contribution in [0.5, 0.6) is 5.75 Å². The number of halogens is 4. The predicted molar refractivity (Wildman–Crippen MR) is 107 cm³/mol. The number of likely N-dealkylation sites (tertiary alicyclic amines) is 1. The lowest BCUT2D eigenvalue weighted by Gasteiger charge is -2.54. The molecule has 31 heavy (non-hydrogen) atoms. The van der Waals surface area contributed by atoms with Crippen LogP contribution in [0, 0.1) is 5.41 Å². The molecule has 2 fully saturated rings. The number of pyridine rings is 1. The van der Waals surface area contributed by atoms with Gasteiger partial charge in [-0.1, -0.05) is 11.6 Å². The highest BCUT2D eigenvalue weighted by Crippen LogP contribution is 2.42. The SMILES string of the molecule is CC(=O)N1CCC2(CC1)CN(c1cc(Cl)nc(Nc3cc(OC(F)(F)F)ccn3)n1)C2. The van der Waals surface area contributed by atoms with Crippen LogP contribution >= 0.6 is 11.6 Å². The van der Waals surface area contributed by atoms with E-state index in [9.17, 15) is 18.0 Å². The molecule has 1 spiro atoms. The lowest BCUT2D eigenvalue weighted by atomic mass is 9.72. The molecule has 0 bridgehead atoms. The van der Waals surface area contributed by atoms with Gasteiger partial charge in [0.25, 0.3) is 0 Å². The van der Waals surface area contributed by atoms with E-state index < -0.39 is 12.1 Å². The fraction of sp³-hybridized carbons (Fsp3) is 0.474. The molecule has 2 aromatic rings. The molecule has 4 rings (SSSR count). The summed E-state index contributed by atoms with van der Waals surface area (Å²) < 4.78 is 41.2. The van der Waals surface area contributed by atoms with E-state index in [1.165, 1.54) is 6.20 Å². The van der Waals surface area contributed by atoms with Gasteiger partial charge in [0.2, 0.25) is 11.9 Å². The summed E-state index contributed by atoms with van der Waals surface area (Å²) >= 11 is 6.14. The van der Waals surface area contributed by atoms with E-state index in [1.807, 2.05) is 4.90 Å². The van der Waals surface area contributed by atoms with Crippen molar-refractivity contribution in [1.29, 1.82) is 0 Å². The van der Waals surface area contributed by atoms with Crippen LogP contribution in [0.15, 0.2) is 24.4 Å². The Kier molecular flexibility index (Phi) is 5.54. The summed E-state index contributed by atoms with van der Waals surface area (Å²) in [4.78, 5) is 27.9. The zero-order valence-electron chi connectivity index (χ0n) is 16.6. The minimum Gasteiger partial charge on any atom is -0.406 e. The third-order valence-electron chi connectivity index (χ3n) is 5.53. The Morgan fingerprint density at radius 3 is 2.58 bits per heavy atom. The molecule has 0 radical (unpaired) electrons. The lowest BCUT2D eigenvalue weighted by Crippen LogP contribution is -2.61. The maximum atomic E-state index is 12.4. The Labute approximate surface area is 181 Å². The molecule has 0 unspecified atom stereocenters. The number of nitrogens with zero attached hydrogens (tertiary/aromatic N) is 5. The lowest BCUT2D eigenvalue weighted by molar-refractivity contribution is -0.274. The number of carbonyl (C=O) groups is 1. The molecule has 8 nitrogen and oxygen atoms in total. The van der Waals surface area contributed by atoms with E-state index in [2.05, 4.69) is 29.9 Å². The zero-order valence-corrected chi connectivity index (χ0v) is 17.4. The van der Waals surface area contributed by atoms with Crippen molar-refractivity contribution in [3.05, 3.63) is 29.5 Å². The topological polar surface area (TPSA) is 83.5 Å². The summed E-state index contributed by atoms with van der Waals surface area (Å²) in [5.74, 6) is 0.513. The Hall–Kier alpha value is -2.82. The second-order valence-electron chi connectivity index (χ2n) is 7.78. The first-order valence-corrected chi connectivity index (χ1v) is 10.0. The summed E-state index contributed by atoms with van der Waals surface area (Å²) in [5, 5.41) is 2.96. The fourth-order valence-electron chi connectivity index (χ4n) is 3.95. The minimum atomic E-state index is -4.80. The van der Waals surface area contributed by atoms with Crippen LogP contribution in [0.2, 0.25) is 5.15 Å². The maximum absolute atomic E-state index is 12.4. The molecule has 4 heterocycles. The van der Waals surface area contributed by atoms with Gasteiger partial charge in [-0.2, -0.15) is 4.98 Å². The van der Waals surface area contributed by atoms with Crippen molar-refractivity contribution in [2.75, 3.05) is 36.4 Å². The van der Waals surface area contributed by atoms with Crippen LogP contribution in [0.4, 0.5) is 30.8 Å². The number of ether oxygens (including phenoxy) is 1. The number of rotatable bonds is 4. The minimum absolute atomic E-state index is 0.0895. The van der Waals surface area contributed by atoms with Gasteiger partial charge in [-0.15, -0.1) is 13.2 Å². The Morgan fingerprint density at radius 1 is 1.23 bits per heavy atom. The number of hydrogen-bond acceptors (Lipinski definition) is 7. The maximum Gasteiger partial charge on any atom is 0.573 e. The molecule has 2 aromatic heterocycles. The largest absolute Gasteiger partial charge is 0.573 e. The number of piperidine rings is 1. The van der Waals surface area contributed by atoms with Crippen molar-refractivity contribution in [2.45, 2.75) is 26.1 Å². The second-order valence-corrected chi connectivity index (χ2v) is 8.17. The third-order valence-corrected chi connectivity index (χ3v) is 5.73. The van der Waals surface area contributed by atoms with Crippen molar-refractivity contribution < 1.29 is 22.7 Å². The van der Waals surface area contributed by atoms with E-state index in [4.69, 9.17) is 11.6 Å². The smallest absolute Gasteiger partial charge is 0.406 e. The molecule has 0 aromatic carbocycles. The molecule has 2 saturated heterocycles. The van der Waals surface area contributed by atoms with Gasteiger partial charge >= 0.3 is 6.36 Å². The summed E-state index contributed by atoms with van der Waals surface area (Å²) in [7, 11) is 0. The van der Waals surface area contributed by atoms with Gasteiger partial charge in [0.05, 0.1) is 0 Å². The Balaban J connectivity index is 1.42. The highest BCUT2D eigenvalue weighted by Gasteiger charge is 2.45. The van der Waals surface area contributed by atoms with Gasteiger partial charge in [0, 0.05) is 56.8 Å². The van der Waals surface area contributed by atoms with Crippen LogP contribution in [0.1, 0.15) is 19.8 Å². The van der Waals surface area contributed by atoms with E-state index in [-0.39, 0.29) is 28.2 Å². The van der Waals surface area contributed by atoms with E-state index >= 15 is 0 Å². The second kappa shape index (κ2) is 8.03. The van der Waals surface area contributed by atoms with Crippen molar-refractivity contribution in [3.63, 3.8) is 0 Å². The number of carbonyl (C=O) groups excluding carboxylic acids is 1. The molecule has 2 aliphatic rings. The summed E-state index contributed by atoms with van der Waals surface area (Å²) in [6, 6.07) is 3.83. The number of nitrogens with one attached hydrogen (secondary N) is 1. The number of alkyl halides is 3. The molecule has 12 heteroatoms. The zero-order chi connectivity index (χ0) is 22.2. The average Bonchev–Trinajstić information content (AvgIpc) is 2.64. The van der Waals surface area contributed by atoms with Crippen molar-refractivity contribution in [1.82, 2.24) is 19.9 Å². The van der Waals surface area contributed by atoms with Crippen molar-refractivity contribution in [2.24, 2.45) is 5.41 Å². The normalized spacial score (nSPS) is 18.0. The van der Waals surface area contributed by atoms with Crippen LogP contribution in [-0.4, -0.2) is 58.3 Å². The molecule has 1 N–H and O–H groups in total. The molecule has 0 atom stereocenters. The summed E-state index contributed by atoms with van der Waals surface area (Å²) in [6.45, 7) is 4.67. The Morgan fingerprint density at radius 2 is 1.94 bits per heavy atom. The first kappa shape index (κ1) is 21.4. The quantitative estimate of drug-likeness (QED) is 0.703. The molecule has 0 aliphatic carbocycles. The van der Waals surface area contributed by atoms with Crippen molar-refractivity contribution in [3.8, 4) is 5.75 Å². The Bertz CT molecular complexity index is 973. The molecule has 166 valence electrons. The highest BCUT2D eigenvalue weighted by molar-refractivity contribution is 6.29. The van der Waals surface area contributed by atoms with E-state index in [0.717, 1.165) is 51.2 Å². The third kappa shape index (κ3) is 5.09. The molecule has 0 saturated carbocycles. The monoisotopic (exact) mass is 456 g/mol. The van der Waals surface area contributed by atoms with Gasteiger partial charge in [-0.05, 0) is 18.9 Å². The van der Waals surface area contributed by atoms with Crippen LogP contribution < -0.4 is 15.0 Å². The standard InChI is InChI=1S/C19H20ClF3N6O2/c1-12(30)28-6-3-18(4-7-28)10-29(11-18)16-9-14(20)25-17(27-16)26-15-8-13(2-5-24-15)31-19(21,22)23/h2,5,8-9H,3-4,6-7,10-11H2,1H3,(H,24,25,26,27). The van der Waals surface area contributed by atoms with Gasteiger partial charge in [-0.25, -0.2) is 9.97 Å². The van der Waals surface area contributed by atoms with Crippen LogP contribution in [0.25, 0.3) is 0 Å². The van der Waals surface area contributed by atoms with Crippen LogP contribution in [-0.2, 0) is 4.79 Å². The number of hydrogen-bond donors (Lipinski definition) is 1. The fourth-order valence-corrected chi connectivity index (χ4v) is 4.13. The first-order valence-electron chi connectivity index (χ1n) is 9.65. The van der Waals surface area contributed by atoms with Gasteiger partial charge < -0.3 is 19.9 Å². The summed E-state index contributed by atoms with van der Waals surface area (Å²) in [5.41, 5.74) is 0.155.